The number of hydrogen-bond acceptors (Lipinski definition) is 3. The summed E-state index contributed by atoms with van der Waals surface area (Å²) in [4.78, 5) is 10.9. The third-order valence-corrected chi connectivity index (χ3v) is 4.24. The number of hydrogen-bond donors (Lipinski definition) is 0. The van der Waals surface area contributed by atoms with Crippen LogP contribution in [0, 0.1) is 21.7 Å². The van der Waals surface area contributed by atoms with Gasteiger partial charge in [0.1, 0.15) is 0 Å². The summed E-state index contributed by atoms with van der Waals surface area (Å²) >= 11 is 4.38. The van der Waals surface area contributed by atoms with Crippen molar-refractivity contribution in [3.8, 4) is 0 Å². The van der Waals surface area contributed by atoms with Crippen molar-refractivity contribution in [2.24, 2.45) is 0 Å². The summed E-state index contributed by atoms with van der Waals surface area (Å²) in [7, 11) is 0. The Bertz CT molecular complexity index is 667. The van der Waals surface area contributed by atoms with Crippen LogP contribution in [0.2, 0.25) is 0 Å². The van der Waals surface area contributed by atoms with Crippen LogP contribution in [-0.4, -0.2) is 4.92 Å². The van der Waals surface area contributed by atoms with E-state index in [0.29, 0.717) is 15.1 Å². The summed E-state index contributed by atoms with van der Waals surface area (Å²) in [5.74, 6) is -1.37. The lowest BCUT2D eigenvalue weighted by atomic mass is 10.2. The summed E-state index contributed by atoms with van der Waals surface area (Å²) in [5, 5.41) is 10.8. The Labute approximate surface area is 126 Å². The molecule has 0 aliphatic heterocycles. The van der Waals surface area contributed by atoms with E-state index in [4.69, 9.17) is 0 Å². The smallest absolute Gasteiger partial charge is 0.258 e. The van der Waals surface area contributed by atoms with Gasteiger partial charge in [-0.15, -0.1) is 11.8 Å². The van der Waals surface area contributed by atoms with Gasteiger partial charge in [0.15, 0.2) is 11.6 Å². The molecule has 2 aromatic carbocycles. The molecule has 0 bridgehead atoms. The number of thioether (sulfide) groups is 1. The Morgan fingerprint density at radius 3 is 2.55 bits per heavy atom. The Morgan fingerprint density at radius 2 is 1.90 bits per heavy atom. The van der Waals surface area contributed by atoms with E-state index in [2.05, 4.69) is 15.9 Å². The zero-order chi connectivity index (χ0) is 14.7. The van der Waals surface area contributed by atoms with Crippen molar-refractivity contribution < 1.29 is 13.7 Å². The topological polar surface area (TPSA) is 43.1 Å². The third-order valence-electron chi connectivity index (χ3n) is 2.50. The normalized spacial score (nSPS) is 10.6. The first-order valence-corrected chi connectivity index (χ1v) is 7.26. The molecule has 0 atom stereocenters. The van der Waals surface area contributed by atoms with Crippen molar-refractivity contribution in [1.29, 1.82) is 0 Å². The molecule has 0 radical (unpaired) electrons. The second kappa shape index (κ2) is 6.32. The first-order chi connectivity index (χ1) is 9.47. The highest BCUT2D eigenvalue weighted by atomic mass is 79.9. The predicted molar refractivity (Wildman–Crippen MR) is 76.7 cm³/mol. The third kappa shape index (κ3) is 3.55. The summed E-state index contributed by atoms with van der Waals surface area (Å²) in [6, 6.07) is 8.42. The van der Waals surface area contributed by atoms with Crippen LogP contribution in [-0.2, 0) is 5.75 Å². The van der Waals surface area contributed by atoms with Crippen molar-refractivity contribution >= 4 is 33.4 Å². The highest BCUT2D eigenvalue weighted by molar-refractivity contribution is 9.10. The van der Waals surface area contributed by atoms with Crippen LogP contribution in [0.5, 0.6) is 0 Å². The molecule has 0 fully saturated rings. The summed E-state index contributed by atoms with van der Waals surface area (Å²) in [6.07, 6.45) is 0. The molecule has 104 valence electrons. The Hall–Kier alpha value is -1.47. The van der Waals surface area contributed by atoms with Gasteiger partial charge in [-0.05, 0) is 45.8 Å². The maximum atomic E-state index is 13.0. The van der Waals surface area contributed by atoms with Crippen LogP contribution in [0.3, 0.4) is 0 Å². The van der Waals surface area contributed by atoms with Crippen molar-refractivity contribution in [1.82, 2.24) is 0 Å². The predicted octanol–water partition coefficient (Wildman–Crippen LogP) is 4.93. The van der Waals surface area contributed by atoms with E-state index in [1.807, 2.05) is 0 Å². The number of rotatable bonds is 4. The standard InChI is InChI=1S/C13H8BrF2NO2S/c14-10-3-1-8(5-13(10)17(18)19)7-20-9-2-4-11(15)12(16)6-9/h1-6H,7H2. The van der Waals surface area contributed by atoms with Crippen molar-refractivity contribution in [2.45, 2.75) is 10.6 Å². The van der Waals surface area contributed by atoms with Crippen molar-refractivity contribution in [3.05, 3.63) is 68.2 Å². The molecule has 0 N–H and O–H groups in total. The average molecular weight is 360 g/mol. The molecule has 20 heavy (non-hydrogen) atoms. The number of benzene rings is 2. The second-order valence-electron chi connectivity index (χ2n) is 3.91. The lowest BCUT2D eigenvalue weighted by molar-refractivity contribution is -0.385. The molecular formula is C13H8BrF2NO2S. The average Bonchev–Trinajstić information content (AvgIpc) is 2.41. The van der Waals surface area contributed by atoms with E-state index in [9.17, 15) is 18.9 Å². The van der Waals surface area contributed by atoms with Gasteiger partial charge >= 0.3 is 0 Å². The molecule has 0 amide bonds. The number of nitro benzene ring substituents is 1. The molecule has 0 heterocycles. The van der Waals surface area contributed by atoms with E-state index >= 15 is 0 Å². The van der Waals surface area contributed by atoms with E-state index < -0.39 is 16.6 Å². The Morgan fingerprint density at radius 1 is 1.15 bits per heavy atom. The van der Waals surface area contributed by atoms with Crippen molar-refractivity contribution in [2.75, 3.05) is 0 Å². The molecule has 0 aliphatic carbocycles. The Balaban J connectivity index is 2.12. The number of halogens is 3. The van der Waals surface area contributed by atoms with Gasteiger partial charge in [0.2, 0.25) is 0 Å². The molecule has 0 unspecified atom stereocenters. The molecule has 0 saturated carbocycles. The minimum absolute atomic E-state index is 0.0200. The first-order valence-electron chi connectivity index (χ1n) is 5.48. The number of nitro groups is 1. The molecule has 2 aromatic rings. The molecule has 0 spiro atoms. The van der Waals surface area contributed by atoms with Gasteiger partial charge in [0.05, 0.1) is 9.40 Å². The van der Waals surface area contributed by atoms with Gasteiger partial charge < -0.3 is 0 Å². The van der Waals surface area contributed by atoms with Crippen LogP contribution in [0.4, 0.5) is 14.5 Å². The minimum Gasteiger partial charge on any atom is -0.258 e. The highest BCUT2D eigenvalue weighted by Crippen LogP contribution is 2.29. The van der Waals surface area contributed by atoms with Crippen LogP contribution in [0.15, 0.2) is 45.8 Å². The van der Waals surface area contributed by atoms with Crippen LogP contribution in [0.25, 0.3) is 0 Å². The lowest BCUT2D eigenvalue weighted by Gasteiger charge is -2.04. The molecule has 0 aromatic heterocycles. The summed E-state index contributed by atoms with van der Waals surface area (Å²) in [6.45, 7) is 0. The van der Waals surface area contributed by atoms with Gasteiger partial charge in [-0.1, -0.05) is 6.07 Å². The van der Waals surface area contributed by atoms with E-state index in [1.165, 1.54) is 23.9 Å². The fraction of sp³-hybridized carbons (Fsp3) is 0.0769. The molecule has 3 nitrogen and oxygen atoms in total. The monoisotopic (exact) mass is 359 g/mol. The molecule has 0 aliphatic rings. The molecule has 7 heteroatoms. The number of nitrogens with zero attached hydrogens (tertiary/aromatic N) is 1. The minimum atomic E-state index is -0.906. The lowest BCUT2D eigenvalue weighted by Crippen LogP contribution is -1.91. The van der Waals surface area contributed by atoms with Gasteiger partial charge in [-0.3, -0.25) is 10.1 Å². The van der Waals surface area contributed by atoms with E-state index in [1.54, 1.807) is 12.1 Å². The zero-order valence-electron chi connectivity index (χ0n) is 9.98. The second-order valence-corrected chi connectivity index (χ2v) is 5.81. The fourth-order valence-corrected chi connectivity index (χ4v) is 2.78. The van der Waals surface area contributed by atoms with E-state index in [0.717, 1.165) is 17.7 Å². The van der Waals surface area contributed by atoms with Crippen LogP contribution < -0.4 is 0 Å². The van der Waals surface area contributed by atoms with Gasteiger partial charge in [0, 0.05) is 16.7 Å². The molecular weight excluding hydrogens is 352 g/mol. The van der Waals surface area contributed by atoms with Crippen molar-refractivity contribution in [3.63, 3.8) is 0 Å². The fourth-order valence-electron chi connectivity index (χ4n) is 1.52. The Kier molecular flexibility index (Phi) is 4.72. The van der Waals surface area contributed by atoms with E-state index in [-0.39, 0.29) is 5.69 Å². The quantitative estimate of drug-likeness (QED) is 0.441. The van der Waals surface area contributed by atoms with Gasteiger partial charge in [-0.25, -0.2) is 8.78 Å². The largest absolute Gasteiger partial charge is 0.283 e. The maximum Gasteiger partial charge on any atom is 0.283 e. The zero-order valence-corrected chi connectivity index (χ0v) is 12.4. The highest BCUT2D eigenvalue weighted by Gasteiger charge is 2.12. The van der Waals surface area contributed by atoms with Crippen LogP contribution in [0.1, 0.15) is 5.56 Å². The first kappa shape index (κ1) is 14.9. The summed E-state index contributed by atoms with van der Waals surface area (Å²) < 4.78 is 26.2. The van der Waals surface area contributed by atoms with Gasteiger partial charge in [-0.2, -0.15) is 0 Å². The maximum absolute atomic E-state index is 13.0. The summed E-state index contributed by atoms with van der Waals surface area (Å²) in [5.41, 5.74) is 0.711. The molecule has 2 rings (SSSR count). The van der Waals surface area contributed by atoms with Gasteiger partial charge in [0.25, 0.3) is 5.69 Å². The van der Waals surface area contributed by atoms with Crippen LogP contribution >= 0.6 is 27.7 Å². The SMILES string of the molecule is O=[N+]([O-])c1cc(CSc2ccc(F)c(F)c2)ccc1Br. The molecule has 0 saturated heterocycles.